The number of anilines is 2. The lowest BCUT2D eigenvalue weighted by atomic mass is 10.2. The third-order valence-electron chi connectivity index (χ3n) is 3.53. The van der Waals surface area contributed by atoms with E-state index >= 15 is 0 Å². The van der Waals surface area contributed by atoms with Crippen LogP contribution in [0.25, 0.3) is 0 Å². The number of thioether (sulfide) groups is 2. The minimum absolute atomic E-state index is 0.167. The molecule has 1 aromatic carbocycles. The zero-order valence-corrected chi connectivity index (χ0v) is 17.9. The van der Waals surface area contributed by atoms with Crippen molar-refractivity contribution in [1.29, 1.82) is 0 Å². The fraction of sp³-hybridized carbons (Fsp3) is 0.250. The highest BCUT2D eigenvalue weighted by Crippen LogP contribution is 2.26. The van der Waals surface area contributed by atoms with Crippen molar-refractivity contribution in [1.82, 2.24) is 29.5 Å². The van der Waals surface area contributed by atoms with Gasteiger partial charge in [0.25, 0.3) is 0 Å². The summed E-state index contributed by atoms with van der Waals surface area (Å²) in [5.41, 5.74) is 0.992. The Morgan fingerprint density at radius 2 is 1.52 bits per heavy atom. The molecule has 0 spiro atoms. The fourth-order valence-electron chi connectivity index (χ4n) is 2.14. The van der Waals surface area contributed by atoms with E-state index < -0.39 is 0 Å². The van der Waals surface area contributed by atoms with Gasteiger partial charge in [0.2, 0.25) is 11.8 Å². The zero-order valence-electron chi connectivity index (χ0n) is 15.5. The normalized spacial score (nSPS) is 10.7. The lowest BCUT2D eigenvalue weighted by Crippen LogP contribution is -2.16. The van der Waals surface area contributed by atoms with Crippen molar-refractivity contribution in [2.24, 2.45) is 14.1 Å². The van der Waals surface area contributed by atoms with Crippen molar-refractivity contribution < 1.29 is 9.59 Å². The molecule has 0 aliphatic carbocycles. The minimum atomic E-state index is -0.225. The van der Waals surface area contributed by atoms with Crippen LogP contribution in [-0.2, 0) is 23.7 Å². The van der Waals surface area contributed by atoms with Gasteiger partial charge < -0.3 is 19.8 Å². The first kappa shape index (κ1) is 21.1. The second kappa shape index (κ2) is 9.76. The molecule has 0 fully saturated rings. The molecule has 2 N–H and O–H groups in total. The van der Waals surface area contributed by atoms with Gasteiger partial charge in [-0.25, -0.2) is 0 Å². The van der Waals surface area contributed by atoms with Gasteiger partial charge >= 0.3 is 0 Å². The van der Waals surface area contributed by atoms with Crippen molar-refractivity contribution in [3.63, 3.8) is 0 Å². The summed E-state index contributed by atoms with van der Waals surface area (Å²) in [6, 6.07) is 4.89. The smallest absolute Gasteiger partial charge is 0.234 e. The predicted octanol–water partition coefficient (Wildman–Crippen LogP) is 2.06. The number of nitrogens with zero attached hydrogens (tertiary/aromatic N) is 6. The summed E-state index contributed by atoms with van der Waals surface area (Å²) in [4.78, 5) is 24.2. The number of carbonyl (C=O) groups excluding carboxylic acids is 2. The van der Waals surface area contributed by atoms with Crippen molar-refractivity contribution in [2.45, 2.75) is 10.3 Å². The topological polar surface area (TPSA) is 120 Å². The lowest BCUT2D eigenvalue weighted by molar-refractivity contribution is -0.114. The molecule has 0 saturated carbocycles. The highest BCUT2D eigenvalue weighted by Gasteiger charge is 2.11. The number of hydrogen-bond acceptors (Lipinski definition) is 8. The van der Waals surface area contributed by atoms with E-state index in [1.54, 1.807) is 54.1 Å². The van der Waals surface area contributed by atoms with Crippen molar-refractivity contribution in [3.8, 4) is 0 Å². The van der Waals surface area contributed by atoms with Gasteiger partial charge in [0.1, 0.15) is 12.7 Å². The average Bonchev–Trinajstić information content (AvgIpc) is 3.28. The standard InChI is InChI=1S/C16H17ClN8O2S2/c1-24-8-18-22-15(24)28-6-13(26)20-10-3-4-12(11(17)5-10)21-14(27)7-29-16-23-19-9-25(16)2/h3-5,8-9H,6-7H2,1-2H3,(H,20,26)(H,21,27). The maximum Gasteiger partial charge on any atom is 0.234 e. The van der Waals surface area contributed by atoms with Gasteiger partial charge in [0.15, 0.2) is 10.3 Å². The van der Waals surface area contributed by atoms with Gasteiger partial charge in [-0.15, -0.1) is 20.4 Å². The number of hydrogen-bond donors (Lipinski definition) is 2. The molecule has 3 aromatic rings. The summed E-state index contributed by atoms with van der Waals surface area (Å²) >= 11 is 8.78. The van der Waals surface area contributed by atoms with Crippen LogP contribution in [0.5, 0.6) is 0 Å². The van der Waals surface area contributed by atoms with Crippen molar-refractivity contribution in [2.75, 3.05) is 22.1 Å². The largest absolute Gasteiger partial charge is 0.325 e. The van der Waals surface area contributed by atoms with Crippen LogP contribution in [0.3, 0.4) is 0 Å². The third kappa shape index (κ3) is 5.95. The van der Waals surface area contributed by atoms with E-state index in [1.165, 1.54) is 23.5 Å². The van der Waals surface area contributed by atoms with Gasteiger partial charge in [0, 0.05) is 19.8 Å². The van der Waals surface area contributed by atoms with Crippen LogP contribution in [0.15, 0.2) is 41.2 Å². The maximum atomic E-state index is 12.1. The first-order valence-electron chi connectivity index (χ1n) is 8.25. The van der Waals surface area contributed by atoms with Crippen molar-refractivity contribution in [3.05, 3.63) is 35.9 Å². The molecule has 0 unspecified atom stereocenters. The average molecular weight is 453 g/mol. The van der Waals surface area contributed by atoms with Crippen LogP contribution < -0.4 is 10.6 Å². The number of nitrogens with one attached hydrogen (secondary N) is 2. The molecule has 0 saturated heterocycles. The van der Waals surface area contributed by atoms with Crippen LogP contribution >= 0.6 is 35.1 Å². The number of benzene rings is 1. The minimum Gasteiger partial charge on any atom is -0.325 e. The number of rotatable bonds is 8. The monoisotopic (exact) mass is 452 g/mol. The van der Waals surface area contributed by atoms with Crippen LogP contribution in [0, 0.1) is 0 Å². The Balaban J connectivity index is 1.50. The molecule has 0 bridgehead atoms. The number of carbonyl (C=O) groups is 2. The van der Waals surface area contributed by atoms with Gasteiger partial charge in [0.05, 0.1) is 22.2 Å². The molecule has 10 nitrogen and oxygen atoms in total. The molecule has 152 valence electrons. The van der Waals surface area contributed by atoms with E-state index in [9.17, 15) is 9.59 Å². The second-order valence-corrected chi connectivity index (χ2v) is 8.11. The zero-order chi connectivity index (χ0) is 20.8. The van der Waals surface area contributed by atoms with Gasteiger partial charge in [-0.05, 0) is 18.2 Å². The summed E-state index contributed by atoms with van der Waals surface area (Å²) in [7, 11) is 3.61. The molecule has 2 amide bonds. The van der Waals surface area contributed by atoms with E-state index in [2.05, 4.69) is 31.0 Å². The quantitative estimate of drug-likeness (QED) is 0.498. The molecule has 29 heavy (non-hydrogen) atoms. The number of aromatic nitrogens is 6. The van der Waals surface area contributed by atoms with E-state index in [0.717, 1.165) is 0 Å². The molecule has 0 radical (unpaired) electrons. The van der Waals surface area contributed by atoms with Crippen LogP contribution in [-0.4, -0.2) is 52.8 Å². The molecule has 0 atom stereocenters. The predicted molar refractivity (Wildman–Crippen MR) is 112 cm³/mol. The Kier molecular flexibility index (Phi) is 7.12. The van der Waals surface area contributed by atoms with Crippen molar-refractivity contribution >= 4 is 58.3 Å². The first-order chi connectivity index (χ1) is 13.9. The van der Waals surface area contributed by atoms with Gasteiger partial charge in [-0.2, -0.15) is 0 Å². The summed E-state index contributed by atoms with van der Waals surface area (Å²) in [6.45, 7) is 0. The fourth-order valence-corrected chi connectivity index (χ4v) is 3.75. The Hall–Kier alpha value is -2.57. The molecule has 0 aliphatic heterocycles. The van der Waals surface area contributed by atoms with E-state index in [1.807, 2.05) is 0 Å². The van der Waals surface area contributed by atoms with Gasteiger partial charge in [-0.3, -0.25) is 9.59 Å². The van der Waals surface area contributed by atoms with Crippen LogP contribution in [0.2, 0.25) is 5.02 Å². The second-order valence-electron chi connectivity index (χ2n) is 5.82. The highest BCUT2D eigenvalue weighted by atomic mass is 35.5. The van der Waals surface area contributed by atoms with E-state index in [-0.39, 0.29) is 23.3 Å². The molecule has 2 aromatic heterocycles. The van der Waals surface area contributed by atoms with Crippen LogP contribution in [0.1, 0.15) is 0 Å². The van der Waals surface area contributed by atoms with Gasteiger partial charge in [-0.1, -0.05) is 35.1 Å². The SMILES string of the molecule is Cn1cnnc1SCC(=O)Nc1ccc(NC(=O)CSc2nncn2C)c(Cl)c1. The summed E-state index contributed by atoms with van der Waals surface area (Å²) < 4.78 is 3.46. The van der Waals surface area contributed by atoms with Crippen LogP contribution in [0.4, 0.5) is 11.4 Å². The Labute approximate surface area is 179 Å². The maximum absolute atomic E-state index is 12.1. The summed E-state index contributed by atoms with van der Waals surface area (Å²) in [5.74, 6) is -0.0783. The Morgan fingerprint density at radius 1 is 0.966 bits per heavy atom. The molecule has 2 heterocycles. The van der Waals surface area contributed by atoms with E-state index in [0.29, 0.717) is 26.7 Å². The summed E-state index contributed by atoms with van der Waals surface area (Å²) in [5, 5.41) is 22.4. The number of halogens is 1. The Bertz CT molecular complexity index is 1020. The number of aryl methyl sites for hydroxylation is 2. The highest BCUT2D eigenvalue weighted by molar-refractivity contribution is 8.00. The number of amides is 2. The lowest BCUT2D eigenvalue weighted by Gasteiger charge is -2.10. The molecule has 3 rings (SSSR count). The third-order valence-corrected chi connectivity index (χ3v) is 5.91. The molecule has 0 aliphatic rings. The molecular formula is C16H17ClN8O2S2. The molecule has 13 heteroatoms. The molecular weight excluding hydrogens is 436 g/mol. The Morgan fingerprint density at radius 3 is 2.00 bits per heavy atom. The van der Waals surface area contributed by atoms with E-state index in [4.69, 9.17) is 11.6 Å². The summed E-state index contributed by atoms with van der Waals surface area (Å²) in [6.07, 6.45) is 3.13. The first-order valence-corrected chi connectivity index (χ1v) is 10.6.